The number of rotatable bonds is 4. The topological polar surface area (TPSA) is 76.9 Å². The molecule has 3 aromatic heterocycles. The number of amides is 1. The van der Waals surface area contributed by atoms with Crippen LogP contribution in [0.1, 0.15) is 16.7 Å². The molecule has 0 unspecified atom stereocenters. The Morgan fingerprint density at radius 2 is 1.82 bits per heavy atom. The first kappa shape index (κ1) is 22.3. The summed E-state index contributed by atoms with van der Waals surface area (Å²) >= 11 is 7.33. The van der Waals surface area contributed by atoms with Gasteiger partial charge in [-0.2, -0.15) is 0 Å². The molecule has 0 atom stereocenters. The van der Waals surface area contributed by atoms with Crippen LogP contribution in [0.2, 0.25) is 5.02 Å². The van der Waals surface area contributed by atoms with E-state index >= 15 is 0 Å². The van der Waals surface area contributed by atoms with Crippen molar-refractivity contribution >= 4 is 55.0 Å². The largest absolute Gasteiger partial charge is 0.324 e. The van der Waals surface area contributed by atoms with Gasteiger partial charge in [0.15, 0.2) is 0 Å². The number of carbonyl (C=O) groups excluding carboxylic acids is 1. The standard InChI is InChI=1S/C26H21ClN4O2S/c1-14-4-6-17(10-16(14)3)20-9-8-19-23-24(34-25(19)30-20)26(33)31(13-28-23)12-22(32)29-21-11-18(27)7-5-15(21)2/h4-11,13H,12H2,1-3H3,(H,29,32). The Balaban J connectivity index is 1.48. The zero-order chi connectivity index (χ0) is 24.0. The number of nitrogens with zero attached hydrogens (tertiary/aromatic N) is 3. The molecule has 1 N–H and O–H groups in total. The molecule has 0 radical (unpaired) electrons. The number of aryl methyl sites for hydroxylation is 3. The summed E-state index contributed by atoms with van der Waals surface area (Å²) in [5.41, 5.74) is 6.14. The summed E-state index contributed by atoms with van der Waals surface area (Å²) in [7, 11) is 0. The molecule has 5 rings (SSSR count). The summed E-state index contributed by atoms with van der Waals surface area (Å²) < 4.78 is 1.80. The van der Waals surface area contributed by atoms with Crippen molar-refractivity contribution in [2.24, 2.45) is 0 Å². The molecule has 0 bridgehead atoms. The van der Waals surface area contributed by atoms with E-state index in [0.29, 0.717) is 20.9 Å². The lowest BCUT2D eigenvalue weighted by Gasteiger charge is -2.10. The molecule has 0 aliphatic rings. The second-order valence-corrected chi connectivity index (χ2v) is 9.75. The number of hydrogen-bond acceptors (Lipinski definition) is 5. The number of fused-ring (bicyclic) bond motifs is 3. The minimum atomic E-state index is -0.329. The van der Waals surface area contributed by atoms with Crippen LogP contribution in [0.15, 0.2) is 59.7 Å². The Labute approximate surface area is 204 Å². The zero-order valence-corrected chi connectivity index (χ0v) is 20.4. The van der Waals surface area contributed by atoms with E-state index in [9.17, 15) is 9.59 Å². The van der Waals surface area contributed by atoms with E-state index in [-0.39, 0.29) is 18.0 Å². The molecule has 0 aliphatic carbocycles. The first-order chi connectivity index (χ1) is 16.3. The van der Waals surface area contributed by atoms with E-state index in [4.69, 9.17) is 16.6 Å². The molecule has 1 amide bonds. The lowest BCUT2D eigenvalue weighted by atomic mass is 10.0. The van der Waals surface area contributed by atoms with Crippen LogP contribution in [0, 0.1) is 20.8 Å². The summed E-state index contributed by atoms with van der Waals surface area (Å²) in [4.78, 5) is 35.8. The van der Waals surface area contributed by atoms with Gasteiger partial charge in [-0.3, -0.25) is 14.2 Å². The van der Waals surface area contributed by atoms with Gasteiger partial charge in [-0.25, -0.2) is 9.97 Å². The second kappa shape index (κ2) is 8.66. The molecule has 34 heavy (non-hydrogen) atoms. The average Bonchev–Trinajstić information content (AvgIpc) is 3.18. The smallest absolute Gasteiger partial charge is 0.271 e. The van der Waals surface area contributed by atoms with Crippen LogP contribution in [0.5, 0.6) is 0 Å². The molecular formula is C26H21ClN4O2S. The predicted octanol–water partition coefficient (Wildman–Crippen LogP) is 5.89. The van der Waals surface area contributed by atoms with Gasteiger partial charge in [0.25, 0.3) is 5.56 Å². The predicted molar refractivity (Wildman–Crippen MR) is 139 cm³/mol. The molecule has 0 fully saturated rings. The zero-order valence-electron chi connectivity index (χ0n) is 18.8. The minimum Gasteiger partial charge on any atom is -0.324 e. The number of hydrogen-bond donors (Lipinski definition) is 1. The average molecular weight is 489 g/mol. The molecule has 0 saturated heterocycles. The molecule has 6 nitrogen and oxygen atoms in total. The van der Waals surface area contributed by atoms with E-state index < -0.39 is 0 Å². The number of anilines is 1. The fraction of sp³-hybridized carbons (Fsp3) is 0.154. The van der Waals surface area contributed by atoms with E-state index in [2.05, 4.69) is 42.3 Å². The number of aromatic nitrogens is 3. The Hall–Kier alpha value is -3.55. The third-order valence-corrected chi connectivity index (χ3v) is 7.21. The molecule has 3 heterocycles. The van der Waals surface area contributed by atoms with Gasteiger partial charge in [-0.05, 0) is 67.8 Å². The number of benzene rings is 2. The lowest BCUT2D eigenvalue weighted by Crippen LogP contribution is -2.27. The van der Waals surface area contributed by atoms with Crippen molar-refractivity contribution in [1.82, 2.24) is 14.5 Å². The highest BCUT2D eigenvalue weighted by Gasteiger charge is 2.15. The first-order valence-corrected chi connectivity index (χ1v) is 11.9. The van der Waals surface area contributed by atoms with Gasteiger partial charge >= 0.3 is 0 Å². The van der Waals surface area contributed by atoms with Crippen molar-refractivity contribution in [1.29, 1.82) is 0 Å². The summed E-state index contributed by atoms with van der Waals surface area (Å²) in [5.74, 6) is -0.329. The van der Waals surface area contributed by atoms with Crippen molar-refractivity contribution in [3.63, 3.8) is 0 Å². The van der Waals surface area contributed by atoms with Crippen LogP contribution >= 0.6 is 22.9 Å². The van der Waals surface area contributed by atoms with Crippen LogP contribution < -0.4 is 10.9 Å². The highest BCUT2D eigenvalue weighted by molar-refractivity contribution is 7.25. The fourth-order valence-corrected chi connectivity index (χ4v) is 5.04. The highest BCUT2D eigenvalue weighted by Crippen LogP contribution is 2.31. The normalized spacial score (nSPS) is 11.3. The molecule has 8 heteroatoms. The number of carbonyl (C=O) groups is 1. The van der Waals surface area contributed by atoms with Crippen LogP contribution in [-0.2, 0) is 11.3 Å². The monoisotopic (exact) mass is 488 g/mol. The van der Waals surface area contributed by atoms with Crippen molar-refractivity contribution in [2.45, 2.75) is 27.3 Å². The molecule has 5 aromatic rings. The van der Waals surface area contributed by atoms with Gasteiger partial charge in [0, 0.05) is 21.7 Å². The SMILES string of the molecule is Cc1ccc(-c2ccc3c(n2)sc2c(=O)n(CC(=O)Nc4cc(Cl)ccc4C)cnc23)cc1C. The van der Waals surface area contributed by atoms with Gasteiger partial charge in [-0.15, -0.1) is 11.3 Å². The minimum absolute atomic E-state index is 0.150. The van der Waals surface area contributed by atoms with Crippen molar-refractivity contribution < 1.29 is 4.79 Å². The van der Waals surface area contributed by atoms with Gasteiger partial charge in [0.05, 0.1) is 17.5 Å². The molecular weight excluding hydrogens is 468 g/mol. The van der Waals surface area contributed by atoms with Gasteiger partial charge in [0.2, 0.25) is 5.91 Å². The number of halogens is 1. The van der Waals surface area contributed by atoms with Crippen LogP contribution in [0.25, 0.3) is 31.7 Å². The Bertz CT molecular complexity index is 1650. The summed E-state index contributed by atoms with van der Waals surface area (Å²) in [6.45, 7) is 5.88. The van der Waals surface area contributed by atoms with E-state index in [1.54, 1.807) is 12.1 Å². The Morgan fingerprint density at radius 1 is 1.03 bits per heavy atom. The fourth-order valence-electron chi connectivity index (χ4n) is 3.80. The molecule has 0 aliphatic heterocycles. The van der Waals surface area contributed by atoms with Crippen molar-refractivity contribution in [2.75, 3.05) is 5.32 Å². The maximum atomic E-state index is 13.1. The number of nitrogens with one attached hydrogen (secondary N) is 1. The lowest BCUT2D eigenvalue weighted by molar-refractivity contribution is -0.116. The van der Waals surface area contributed by atoms with E-state index in [1.807, 2.05) is 25.1 Å². The third-order valence-electron chi connectivity index (χ3n) is 5.90. The molecule has 2 aromatic carbocycles. The van der Waals surface area contributed by atoms with Crippen molar-refractivity contribution in [3.8, 4) is 11.3 Å². The highest BCUT2D eigenvalue weighted by atomic mass is 35.5. The first-order valence-electron chi connectivity index (χ1n) is 10.7. The van der Waals surface area contributed by atoms with Gasteiger partial charge in [-0.1, -0.05) is 29.8 Å². The molecule has 0 saturated carbocycles. The van der Waals surface area contributed by atoms with E-state index in [0.717, 1.165) is 27.0 Å². The molecule has 170 valence electrons. The van der Waals surface area contributed by atoms with Crippen LogP contribution in [0.4, 0.5) is 5.69 Å². The van der Waals surface area contributed by atoms with Gasteiger partial charge < -0.3 is 5.32 Å². The Kier molecular flexibility index (Phi) is 5.67. The van der Waals surface area contributed by atoms with E-state index in [1.165, 1.54) is 33.4 Å². The number of thiophene rings is 1. The van der Waals surface area contributed by atoms with Crippen molar-refractivity contribution in [3.05, 3.63) is 86.9 Å². The quantitative estimate of drug-likeness (QED) is 0.342. The number of pyridine rings is 1. The second-order valence-electron chi connectivity index (χ2n) is 8.31. The van der Waals surface area contributed by atoms with Gasteiger partial charge in [0.1, 0.15) is 16.1 Å². The summed E-state index contributed by atoms with van der Waals surface area (Å²) in [6.07, 6.45) is 1.42. The maximum Gasteiger partial charge on any atom is 0.271 e. The van der Waals surface area contributed by atoms with Crippen LogP contribution in [0.3, 0.4) is 0 Å². The molecule has 0 spiro atoms. The Morgan fingerprint density at radius 3 is 2.62 bits per heavy atom. The summed E-state index contributed by atoms with van der Waals surface area (Å²) in [6, 6.07) is 15.4. The van der Waals surface area contributed by atoms with Crippen LogP contribution in [-0.4, -0.2) is 20.4 Å². The third kappa shape index (κ3) is 4.08. The summed E-state index contributed by atoms with van der Waals surface area (Å²) in [5, 5.41) is 4.17. The maximum absolute atomic E-state index is 13.1.